The van der Waals surface area contributed by atoms with Crippen LogP contribution in [0.1, 0.15) is 29.5 Å². The molecule has 1 aliphatic rings. The summed E-state index contributed by atoms with van der Waals surface area (Å²) in [4.78, 5) is 5.55. The number of fused-ring (bicyclic) bond motifs is 1. The van der Waals surface area contributed by atoms with Crippen LogP contribution >= 0.6 is 11.6 Å². The Hall–Kier alpha value is -2.01. The number of aliphatic hydroxyl groups is 1. The summed E-state index contributed by atoms with van der Waals surface area (Å²) in [5.74, 6) is 0.767. The third-order valence-corrected chi connectivity index (χ3v) is 6.17. The van der Waals surface area contributed by atoms with Crippen molar-refractivity contribution in [2.45, 2.75) is 38.8 Å². The van der Waals surface area contributed by atoms with Crippen molar-refractivity contribution in [3.05, 3.63) is 64.3 Å². The van der Waals surface area contributed by atoms with E-state index in [1.54, 1.807) is 0 Å². The van der Waals surface area contributed by atoms with Crippen LogP contribution in [0.15, 0.2) is 42.6 Å². The summed E-state index contributed by atoms with van der Waals surface area (Å²) in [7, 11) is 0. The molecular formula is C23H27ClN2O2. The number of likely N-dealkylation sites (tertiary alicyclic amines) is 1. The highest BCUT2D eigenvalue weighted by atomic mass is 35.5. The number of nitrogens with zero attached hydrogens (tertiary/aromatic N) is 1. The van der Waals surface area contributed by atoms with Crippen LogP contribution < -0.4 is 4.74 Å². The largest absolute Gasteiger partial charge is 0.491 e. The van der Waals surface area contributed by atoms with Crippen molar-refractivity contribution >= 4 is 22.5 Å². The zero-order chi connectivity index (χ0) is 19.7. The highest BCUT2D eigenvalue weighted by molar-refractivity contribution is 6.32. The molecule has 0 amide bonds. The average Bonchev–Trinajstić information content (AvgIpc) is 3.12. The van der Waals surface area contributed by atoms with Gasteiger partial charge in [-0.25, -0.2) is 0 Å². The van der Waals surface area contributed by atoms with Gasteiger partial charge in [0, 0.05) is 29.8 Å². The summed E-state index contributed by atoms with van der Waals surface area (Å²) in [6.45, 7) is 6.68. The first-order valence-electron chi connectivity index (χ1n) is 9.82. The van der Waals surface area contributed by atoms with E-state index in [2.05, 4.69) is 34.1 Å². The Morgan fingerprint density at radius 2 is 1.96 bits per heavy atom. The van der Waals surface area contributed by atoms with E-state index in [1.165, 1.54) is 10.9 Å². The molecule has 0 bridgehead atoms. The highest BCUT2D eigenvalue weighted by Gasteiger charge is 2.34. The van der Waals surface area contributed by atoms with Gasteiger partial charge >= 0.3 is 0 Å². The molecule has 3 aromatic rings. The zero-order valence-corrected chi connectivity index (χ0v) is 17.2. The predicted molar refractivity (Wildman–Crippen MR) is 114 cm³/mol. The number of hydrogen-bond donors (Lipinski definition) is 2. The van der Waals surface area contributed by atoms with Crippen molar-refractivity contribution in [3.8, 4) is 5.75 Å². The van der Waals surface area contributed by atoms with Crippen molar-refractivity contribution < 1.29 is 9.84 Å². The third kappa shape index (κ3) is 4.19. The maximum atomic E-state index is 11.1. The van der Waals surface area contributed by atoms with Gasteiger partial charge in [0.15, 0.2) is 0 Å². The Kier molecular flexibility index (Phi) is 5.37. The van der Waals surface area contributed by atoms with Gasteiger partial charge in [-0.2, -0.15) is 0 Å². The number of rotatable bonds is 5. The Morgan fingerprint density at radius 1 is 1.18 bits per heavy atom. The van der Waals surface area contributed by atoms with Crippen LogP contribution in [0.3, 0.4) is 0 Å². The molecule has 5 heteroatoms. The maximum absolute atomic E-state index is 11.1. The van der Waals surface area contributed by atoms with Crippen molar-refractivity contribution in [1.29, 1.82) is 0 Å². The zero-order valence-electron chi connectivity index (χ0n) is 16.5. The van der Waals surface area contributed by atoms with Crippen molar-refractivity contribution in [3.63, 3.8) is 0 Å². The minimum atomic E-state index is -0.835. The smallest absolute Gasteiger partial charge is 0.120 e. The number of H-pyrrole nitrogens is 1. The number of nitrogens with one attached hydrogen (secondary N) is 1. The molecule has 0 spiro atoms. The molecule has 1 atom stereocenters. The van der Waals surface area contributed by atoms with E-state index < -0.39 is 5.60 Å². The van der Waals surface area contributed by atoms with Crippen LogP contribution in [-0.4, -0.2) is 40.3 Å². The lowest BCUT2D eigenvalue weighted by molar-refractivity contribution is -0.0621. The van der Waals surface area contributed by atoms with Crippen molar-refractivity contribution in [2.75, 3.05) is 19.7 Å². The number of piperidine rings is 1. The lowest BCUT2D eigenvalue weighted by Crippen LogP contribution is -2.51. The van der Waals surface area contributed by atoms with Crippen LogP contribution in [0.25, 0.3) is 10.9 Å². The molecule has 1 saturated heterocycles. The van der Waals surface area contributed by atoms with Crippen LogP contribution in [0.4, 0.5) is 0 Å². The number of aromatic nitrogens is 1. The van der Waals surface area contributed by atoms with Crippen molar-refractivity contribution in [1.82, 2.24) is 9.88 Å². The number of benzene rings is 2. The Balaban J connectivity index is 1.40. The second kappa shape index (κ2) is 7.78. The molecule has 0 unspecified atom stereocenters. The third-order valence-electron chi connectivity index (χ3n) is 5.58. The van der Waals surface area contributed by atoms with Crippen LogP contribution in [0.5, 0.6) is 5.75 Å². The summed E-state index contributed by atoms with van der Waals surface area (Å²) in [6.07, 6.45) is 3.68. The molecule has 148 valence electrons. The molecule has 4 nitrogen and oxygen atoms in total. The summed E-state index contributed by atoms with van der Waals surface area (Å²) >= 11 is 6.24. The lowest BCUT2D eigenvalue weighted by Gasteiger charge is -2.39. The van der Waals surface area contributed by atoms with Gasteiger partial charge in [-0.1, -0.05) is 17.7 Å². The van der Waals surface area contributed by atoms with Gasteiger partial charge in [-0.15, -0.1) is 0 Å². The summed E-state index contributed by atoms with van der Waals surface area (Å²) in [5, 5.41) is 13.1. The van der Waals surface area contributed by atoms with Gasteiger partial charge in [-0.3, -0.25) is 4.90 Å². The van der Waals surface area contributed by atoms with E-state index in [-0.39, 0.29) is 0 Å². The fourth-order valence-corrected chi connectivity index (χ4v) is 4.23. The SMILES string of the molecule is Cc1cc(OC[C@]2(O)CCCN(Cc3ccc4[nH]ccc4c3)C2)cc(C)c1Cl. The second-order valence-electron chi connectivity index (χ2n) is 8.10. The van der Waals surface area contributed by atoms with Gasteiger partial charge in [-0.05, 0) is 85.6 Å². The van der Waals surface area contributed by atoms with Crippen LogP contribution in [0, 0.1) is 13.8 Å². The molecule has 2 heterocycles. The van der Waals surface area contributed by atoms with Gasteiger partial charge in [0.2, 0.25) is 0 Å². The molecule has 0 radical (unpaired) electrons. The predicted octanol–water partition coefficient (Wildman–Crippen LogP) is 4.84. The fraction of sp³-hybridized carbons (Fsp3) is 0.391. The van der Waals surface area contributed by atoms with Gasteiger partial charge in [0.05, 0.1) is 0 Å². The standard InChI is InChI=1S/C23H27ClN2O2/c1-16-10-20(11-17(2)22(16)24)28-15-23(27)7-3-9-26(14-23)13-18-4-5-21-19(12-18)6-8-25-21/h4-6,8,10-12,25,27H,3,7,9,13-15H2,1-2H3/t23-/m0/s1. The molecule has 0 saturated carbocycles. The molecular weight excluding hydrogens is 372 g/mol. The molecule has 2 N–H and O–H groups in total. The summed E-state index contributed by atoms with van der Waals surface area (Å²) in [5.41, 5.74) is 3.57. The molecule has 2 aromatic carbocycles. The number of β-amino-alcohol motifs (C(OH)–C–C–N with tert-alkyl or cyclic N) is 1. The van der Waals surface area contributed by atoms with E-state index in [1.807, 2.05) is 32.2 Å². The highest BCUT2D eigenvalue weighted by Crippen LogP contribution is 2.28. The van der Waals surface area contributed by atoms with Gasteiger partial charge in [0.1, 0.15) is 18.0 Å². The Morgan fingerprint density at radius 3 is 2.75 bits per heavy atom. The van der Waals surface area contributed by atoms with E-state index in [0.717, 1.165) is 53.3 Å². The van der Waals surface area contributed by atoms with E-state index in [4.69, 9.17) is 16.3 Å². The molecule has 4 rings (SSSR count). The number of aromatic amines is 1. The first-order chi connectivity index (χ1) is 13.4. The Bertz CT molecular complexity index is 961. The van der Waals surface area contributed by atoms with Crippen LogP contribution in [0.2, 0.25) is 5.02 Å². The van der Waals surface area contributed by atoms with Gasteiger partial charge < -0.3 is 14.8 Å². The molecule has 28 heavy (non-hydrogen) atoms. The Labute approximate surface area is 171 Å². The average molecular weight is 399 g/mol. The number of halogens is 1. The molecule has 1 fully saturated rings. The normalized spacial score (nSPS) is 20.6. The number of ether oxygens (including phenoxy) is 1. The van der Waals surface area contributed by atoms with E-state index in [9.17, 15) is 5.11 Å². The number of hydrogen-bond acceptors (Lipinski definition) is 3. The molecule has 1 aromatic heterocycles. The second-order valence-corrected chi connectivity index (χ2v) is 8.48. The van der Waals surface area contributed by atoms with E-state index >= 15 is 0 Å². The summed E-state index contributed by atoms with van der Waals surface area (Å²) < 4.78 is 5.97. The summed E-state index contributed by atoms with van der Waals surface area (Å²) in [6, 6.07) is 12.5. The van der Waals surface area contributed by atoms with Gasteiger partial charge in [0.25, 0.3) is 0 Å². The number of aryl methyl sites for hydroxylation is 2. The first kappa shape index (κ1) is 19.3. The van der Waals surface area contributed by atoms with E-state index in [0.29, 0.717) is 13.2 Å². The first-order valence-corrected chi connectivity index (χ1v) is 10.2. The van der Waals surface area contributed by atoms with Crippen LogP contribution in [-0.2, 0) is 6.54 Å². The minimum absolute atomic E-state index is 0.293. The lowest BCUT2D eigenvalue weighted by atomic mass is 9.93. The molecule has 1 aliphatic heterocycles. The topological polar surface area (TPSA) is 48.5 Å². The fourth-order valence-electron chi connectivity index (χ4n) is 4.13. The quantitative estimate of drug-likeness (QED) is 0.646. The monoisotopic (exact) mass is 398 g/mol. The minimum Gasteiger partial charge on any atom is -0.491 e. The maximum Gasteiger partial charge on any atom is 0.120 e. The van der Waals surface area contributed by atoms with Crippen molar-refractivity contribution in [2.24, 2.45) is 0 Å². The molecule has 0 aliphatic carbocycles.